The van der Waals surface area contributed by atoms with E-state index in [4.69, 9.17) is 11.6 Å². The van der Waals surface area contributed by atoms with Crippen molar-refractivity contribution in [1.29, 1.82) is 0 Å². The molecule has 3 nitrogen and oxygen atoms in total. The Morgan fingerprint density at radius 2 is 2.21 bits per heavy atom. The Morgan fingerprint density at radius 3 is 2.89 bits per heavy atom. The van der Waals surface area contributed by atoms with E-state index in [1.807, 2.05) is 36.7 Å². The molecule has 0 aliphatic carbocycles. The van der Waals surface area contributed by atoms with Crippen LogP contribution < -0.4 is 5.32 Å². The lowest BCUT2D eigenvalue weighted by atomic mass is 10.2. The number of amides is 1. The second kappa shape index (κ2) is 5.80. The highest BCUT2D eigenvalue weighted by Crippen LogP contribution is 2.26. The van der Waals surface area contributed by atoms with Crippen molar-refractivity contribution in [1.82, 2.24) is 4.57 Å². The van der Waals surface area contributed by atoms with Gasteiger partial charge in [0.2, 0.25) is 0 Å². The number of hydrogen-bond donors (Lipinski definition) is 1. The highest BCUT2D eigenvalue weighted by atomic mass is 79.9. The van der Waals surface area contributed by atoms with Gasteiger partial charge in [-0.1, -0.05) is 23.7 Å². The first-order chi connectivity index (χ1) is 9.02. The van der Waals surface area contributed by atoms with Gasteiger partial charge in [0.25, 0.3) is 5.91 Å². The SMILES string of the molecule is CCn1cc(Br)cc1C(=O)Nc1cccc(C)c1Cl. The van der Waals surface area contributed by atoms with Crippen LogP contribution in [0.5, 0.6) is 0 Å². The van der Waals surface area contributed by atoms with Gasteiger partial charge in [-0.05, 0) is 47.5 Å². The molecule has 100 valence electrons. The molecule has 0 fully saturated rings. The molecule has 1 amide bonds. The van der Waals surface area contributed by atoms with Gasteiger partial charge in [0.1, 0.15) is 5.69 Å². The summed E-state index contributed by atoms with van der Waals surface area (Å²) in [4.78, 5) is 12.3. The van der Waals surface area contributed by atoms with Gasteiger partial charge in [0.05, 0.1) is 10.7 Å². The Kier molecular flexibility index (Phi) is 4.32. The third kappa shape index (κ3) is 3.01. The summed E-state index contributed by atoms with van der Waals surface area (Å²) >= 11 is 9.55. The molecule has 1 aromatic heterocycles. The molecule has 19 heavy (non-hydrogen) atoms. The number of benzene rings is 1. The molecule has 0 aliphatic heterocycles. The third-order valence-corrected chi connectivity index (χ3v) is 3.81. The smallest absolute Gasteiger partial charge is 0.272 e. The van der Waals surface area contributed by atoms with E-state index in [1.165, 1.54) is 0 Å². The topological polar surface area (TPSA) is 34.0 Å². The fourth-order valence-corrected chi connectivity index (χ4v) is 2.49. The van der Waals surface area contributed by atoms with E-state index in [-0.39, 0.29) is 5.91 Å². The number of halogens is 2. The molecule has 0 aliphatic rings. The Balaban J connectivity index is 2.28. The number of rotatable bonds is 3. The van der Waals surface area contributed by atoms with Crippen molar-refractivity contribution in [3.63, 3.8) is 0 Å². The molecule has 0 spiro atoms. The molecule has 0 unspecified atom stereocenters. The van der Waals surface area contributed by atoms with E-state index < -0.39 is 0 Å². The number of aromatic nitrogens is 1. The zero-order valence-electron chi connectivity index (χ0n) is 10.7. The molecule has 1 N–H and O–H groups in total. The molecule has 2 aromatic rings. The van der Waals surface area contributed by atoms with Crippen LogP contribution in [0.2, 0.25) is 5.02 Å². The molecule has 2 rings (SSSR count). The van der Waals surface area contributed by atoms with E-state index >= 15 is 0 Å². The molecule has 0 saturated heterocycles. The Labute approximate surface area is 125 Å². The molecule has 1 heterocycles. The molecule has 0 radical (unpaired) electrons. The van der Waals surface area contributed by atoms with Crippen LogP contribution in [0.4, 0.5) is 5.69 Å². The minimum absolute atomic E-state index is 0.167. The van der Waals surface area contributed by atoms with Crippen LogP contribution in [0.15, 0.2) is 34.9 Å². The highest BCUT2D eigenvalue weighted by Gasteiger charge is 2.14. The fraction of sp³-hybridized carbons (Fsp3) is 0.214. The van der Waals surface area contributed by atoms with Gasteiger partial charge in [-0.25, -0.2) is 0 Å². The molecule has 5 heteroatoms. The van der Waals surface area contributed by atoms with Gasteiger partial charge < -0.3 is 9.88 Å². The van der Waals surface area contributed by atoms with E-state index in [0.29, 0.717) is 16.4 Å². The number of nitrogens with zero attached hydrogens (tertiary/aromatic N) is 1. The van der Waals surface area contributed by atoms with Gasteiger partial charge in [0, 0.05) is 17.2 Å². The van der Waals surface area contributed by atoms with Gasteiger partial charge in [-0.2, -0.15) is 0 Å². The van der Waals surface area contributed by atoms with Gasteiger partial charge in [-0.3, -0.25) is 4.79 Å². The summed E-state index contributed by atoms with van der Waals surface area (Å²) in [6.45, 7) is 4.63. The lowest BCUT2D eigenvalue weighted by Crippen LogP contribution is -2.16. The molecule has 0 atom stereocenters. The molecule has 1 aromatic carbocycles. The zero-order chi connectivity index (χ0) is 14.0. The number of aryl methyl sites for hydroxylation is 2. The highest BCUT2D eigenvalue weighted by molar-refractivity contribution is 9.10. The maximum atomic E-state index is 12.3. The average Bonchev–Trinajstić information content (AvgIpc) is 2.76. The lowest BCUT2D eigenvalue weighted by Gasteiger charge is -2.10. The van der Waals surface area contributed by atoms with Gasteiger partial charge >= 0.3 is 0 Å². The van der Waals surface area contributed by atoms with Crippen molar-refractivity contribution in [2.24, 2.45) is 0 Å². The van der Waals surface area contributed by atoms with Crippen LogP contribution >= 0.6 is 27.5 Å². The van der Waals surface area contributed by atoms with E-state index in [9.17, 15) is 4.79 Å². The Morgan fingerprint density at radius 1 is 1.47 bits per heavy atom. The lowest BCUT2D eigenvalue weighted by molar-refractivity contribution is 0.101. The van der Waals surface area contributed by atoms with Gasteiger partial charge in [0.15, 0.2) is 0 Å². The standard InChI is InChI=1S/C14H14BrClN2O/c1-3-18-8-10(15)7-12(18)14(19)17-11-6-4-5-9(2)13(11)16/h4-8H,3H2,1-2H3,(H,17,19). The van der Waals surface area contributed by atoms with Crippen molar-refractivity contribution in [2.45, 2.75) is 20.4 Å². The number of carbonyl (C=O) groups excluding carboxylic acids is 1. The minimum Gasteiger partial charge on any atom is -0.343 e. The first-order valence-electron chi connectivity index (χ1n) is 5.95. The number of hydrogen-bond acceptors (Lipinski definition) is 1. The zero-order valence-corrected chi connectivity index (χ0v) is 13.0. The van der Waals surface area contributed by atoms with Crippen molar-refractivity contribution in [3.8, 4) is 0 Å². The Bertz CT molecular complexity index is 622. The van der Waals surface area contributed by atoms with Crippen molar-refractivity contribution >= 4 is 39.1 Å². The number of anilines is 1. The number of carbonyl (C=O) groups is 1. The molecule has 0 saturated carbocycles. The summed E-state index contributed by atoms with van der Waals surface area (Å²) in [5.74, 6) is -0.167. The maximum Gasteiger partial charge on any atom is 0.272 e. The second-order valence-electron chi connectivity index (χ2n) is 4.22. The Hall–Kier alpha value is -1.26. The quantitative estimate of drug-likeness (QED) is 0.877. The maximum absolute atomic E-state index is 12.3. The monoisotopic (exact) mass is 340 g/mol. The first-order valence-corrected chi connectivity index (χ1v) is 7.12. The van der Waals surface area contributed by atoms with Crippen LogP contribution in [0, 0.1) is 6.92 Å². The van der Waals surface area contributed by atoms with Crippen molar-refractivity contribution < 1.29 is 4.79 Å². The molecular formula is C14H14BrClN2O. The normalized spacial score (nSPS) is 10.5. The summed E-state index contributed by atoms with van der Waals surface area (Å²) in [5, 5.41) is 3.42. The van der Waals surface area contributed by atoms with Crippen LogP contribution in [0.1, 0.15) is 23.0 Å². The third-order valence-electron chi connectivity index (χ3n) is 2.88. The molecule has 0 bridgehead atoms. The predicted octanol–water partition coefficient (Wildman–Crippen LogP) is 4.48. The minimum atomic E-state index is -0.167. The largest absolute Gasteiger partial charge is 0.343 e. The van der Waals surface area contributed by atoms with Crippen LogP contribution in [-0.2, 0) is 6.54 Å². The molecular weight excluding hydrogens is 328 g/mol. The summed E-state index contributed by atoms with van der Waals surface area (Å²) in [6, 6.07) is 7.36. The van der Waals surface area contributed by atoms with Crippen molar-refractivity contribution in [2.75, 3.05) is 5.32 Å². The van der Waals surface area contributed by atoms with E-state index in [1.54, 1.807) is 12.1 Å². The predicted molar refractivity (Wildman–Crippen MR) is 81.9 cm³/mol. The number of nitrogens with one attached hydrogen (secondary N) is 1. The van der Waals surface area contributed by atoms with Crippen LogP contribution in [-0.4, -0.2) is 10.5 Å². The van der Waals surface area contributed by atoms with E-state index in [2.05, 4.69) is 21.2 Å². The van der Waals surface area contributed by atoms with E-state index in [0.717, 1.165) is 16.6 Å². The summed E-state index contributed by atoms with van der Waals surface area (Å²) in [5.41, 5.74) is 2.17. The summed E-state index contributed by atoms with van der Waals surface area (Å²) < 4.78 is 2.76. The van der Waals surface area contributed by atoms with Crippen LogP contribution in [0.3, 0.4) is 0 Å². The van der Waals surface area contributed by atoms with Crippen LogP contribution in [0.25, 0.3) is 0 Å². The summed E-state index contributed by atoms with van der Waals surface area (Å²) in [7, 11) is 0. The second-order valence-corrected chi connectivity index (χ2v) is 5.51. The summed E-state index contributed by atoms with van der Waals surface area (Å²) in [6.07, 6.45) is 1.88. The average molecular weight is 342 g/mol. The fourth-order valence-electron chi connectivity index (χ4n) is 1.86. The van der Waals surface area contributed by atoms with Crippen molar-refractivity contribution in [3.05, 3.63) is 51.2 Å². The van der Waals surface area contributed by atoms with Gasteiger partial charge in [-0.15, -0.1) is 0 Å². The first kappa shape index (κ1) is 14.2.